The van der Waals surface area contributed by atoms with Crippen LogP contribution in [0.5, 0.6) is 0 Å². The van der Waals surface area contributed by atoms with Crippen molar-refractivity contribution in [2.45, 2.75) is 19.3 Å². The lowest BCUT2D eigenvalue weighted by atomic mass is 9.97. The van der Waals surface area contributed by atoms with Crippen LogP contribution in [0.4, 0.5) is 17.2 Å². The molecule has 3 saturated heterocycles. The second-order valence-corrected chi connectivity index (χ2v) is 10.2. The van der Waals surface area contributed by atoms with E-state index in [-0.39, 0.29) is 5.91 Å². The number of amides is 1. The Morgan fingerprint density at radius 3 is 2.47 bits per heavy atom. The molecule has 8 nitrogen and oxygen atoms in total. The van der Waals surface area contributed by atoms with Gasteiger partial charge in [0.1, 0.15) is 5.82 Å². The van der Waals surface area contributed by atoms with Crippen molar-refractivity contribution >= 4 is 23.1 Å². The Labute approximate surface area is 215 Å². The van der Waals surface area contributed by atoms with E-state index in [4.69, 9.17) is 4.74 Å². The summed E-state index contributed by atoms with van der Waals surface area (Å²) >= 11 is 0. The Hall–Kier alpha value is -2.68. The van der Waals surface area contributed by atoms with Crippen LogP contribution in [0.25, 0.3) is 0 Å². The van der Waals surface area contributed by atoms with E-state index in [0.717, 1.165) is 90.2 Å². The molecule has 3 aliphatic rings. The molecule has 4 heterocycles. The van der Waals surface area contributed by atoms with E-state index < -0.39 is 0 Å². The van der Waals surface area contributed by atoms with Gasteiger partial charge in [0, 0.05) is 82.9 Å². The van der Waals surface area contributed by atoms with Crippen molar-refractivity contribution in [1.29, 1.82) is 0 Å². The lowest BCUT2D eigenvalue weighted by molar-refractivity contribution is -0.116. The zero-order valence-electron chi connectivity index (χ0n) is 21.4. The van der Waals surface area contributed by atoms with Gasteiger partial charge in [-0.05, 0) is 61.7 Å². The normalized spacial score (nSPS) is 21.9. The maximum atomic E-state index is 12.6. The van der Waals surface area contributed by atoms with E-state index in [0.29, 0.717) is 12.3 Å². The fraction of sp³-hybridized carbons (Fsp3) is 0.571. The highest BCUT2D eigenvalue weighted by Crippen LogP contribution is 2.21. The molecule has 1 amide bonds. The highest BCUT2D eigenvalue weighted by atomic mass is 16.5. The molecule has 1 unspecified atom stereocenters. The molecule has 0 saturated carbocycles. The van der Waals surface area contributed by atoms with Gasteiger partial charge in [0.2, 0.25) is 5.91 Å². The van der Waals surface area contributed by atoms with Crippen molar-refractivity contribution in [3.8, 4) is 0 Å². The highest BCUT2D eigenvalue weighted by Gasteiger charge is 2.25. The van der Waals surface area contributed by atoms with Crippen molar-refractivity contribution in [2.24, 2.45) is 5.92 Å². The number of carbonyl (C=O) groups excluding carboxylic acids is 1. The molecule has 3 fully saturated rings. The van der Waals surface area contributed by atoms with Gasteiger partial charge in [-0.25, -0.2) is 4.98 Å². The second kappa shape index (κ2) is 12.5. The average Bonchev–Trinajstić information content (AvgIpc) is 2.94. The smallest absolute Gasteiger partial charge is 0.225 e. The van der Waals surface area contributed by atoms with Crippen molar-refractivity contribution in [2.75, 3.05) is 93.8 Å². The Morgan fingerprint density at radius 1 is 0.917 bits per heavy atom. The Balaban J connectivity index is 1.01. The summed E-state index contributed by atoms with van der Waals surface area (Å²) in [5.74, 6) is 1.88. The van der Waals surface area contributed by atoms with Crippen LogP contribution in [-0.4, -0.2) is 99.4 Å². The van der Waals surface area contributed by atoms with Crippen LogP contribution in [-0.2, 0) is 9.53 Å². The molecule has 3 aliphatic heterocycles. The molecule has 8 heteroatoms. The molecular formula is C28H40N6O2. The van der Waals surface area contributed by atoms with Crippen LogP contribution in [0.1, 0.15) is 19.3 Å². The summed E-state index contributed by atoms with van der Waals surface area (Å²) in [6.07, 6.45) is 4.93. The first-order chi connectivity index (χ1) is 17.7. The minimum atomic E-state index is 0.0990. The van der Waals surface area contributed by atoms with E-state index in [1.54, 1.807) is 0 Å². The van der Waals surface area contributed by atoms with Crippen molar-refractivity contribution in [1.82, 2.24) is 14.8 Å². The van der Waals surface area contributed by atoms with Crippen LogP contribution in [0.3, 0.4) is 0 Å². The van der Waals surface area contributed by atoms with Gasteiger partial charge in [-0.3, -0.25) is 9.69 Å². The maximum absolute atomic E-state index is 12.6. The molecule has 0 radical (unpaired) electrons. The van der Waals surface area contributed by atoms with E-state index in [9.17, 15) is 4.79 Å². The molecule has 0 spiro atoms. The molecule has 0 bridgehead atoms. The summed E-state index contributed by atoms with van der Waals surface area (Å²) in [6.45, 7) is 11.9. The summed E-state index contributed by atoms with van der Waals surface area (Å²) < 4.78 is 5.43. The average molecular weight is 493 g/mol. The van der Waals surface area contributed by atoms with Gasteiger partial charge in [0.25, 0.3) is 0 Å². The van der Waals surface area contributed by atoms with Gasteiger partial charge >= 0.3 is 0 Å². The van der Waals surface area contributed by atoms with Crippen LogP contribution >= 0.6 is 0 Å². The number of morpholine rings is 1. The molecule has 36 heavy (non-hydrogen) atoms. The van der Waals surface area contributed by atoms with Gasteiger partial charge < -0.3 is 24.8 Å². The number of pyridine rings is 1. The number of piperazine rings is 1. The number of benzene rings is 1. The van der Waals surface area contributed by atoms with Gasteiger partial charge in [0.15, 0.2) is 0 Å². The van der Waals surface area contributed by atoms with Gasteiger partial charge in [0.05, 0.1) is 13.2 Å². The summed E-state index contributed by atoms with van der Waals surface area (Å²) in [5.41, 5.74) is 2.06. The van der Waals surface area contributed by atoms with Gasteiger partial charge in [-0.2, -0.15) is 0 Å². The highest BCUT2D eigenvalue weighted by molar-refractivity contribution is 5.91. The molecule has 1 aromatic carbocycles. The largest absolute Gasteiger partial charge is 0.378 e. The molecule has 2 aromatic rings. The number of aromatic nitrogens is 1. The molecule has 5 rings (SSSR count). The summed E-state index contributed by atoms with van der Waals surface area (Å²) in [6, 6.07) is 14.3. The number of piperidine rings is 1. The molecule has 1 atom stereocenters. The number of ether oxygens (including phenoxy) is 1. The minimum Gasteiger partial charge on any atom is -0.378 e. The minimum absolute atomic E-state index is 0.0990. The molecular weight excluding hydrogens is 452 g/mol. The zero-order chi connectivity index (χ0) is 24.6. The topological polar surface area (TPSA) is 64.2 Å². The maximum Gasteiger partial charge on any atom is 0.225 e. The van der Waals surface area contributed by atoms with Gasteiger partial charge in [-0.15, -0.1) is 0 Å². The van der Waals surface area contributed by atoms with E-state index in [1.165, 1.54) is 18.5 Å². The lowest BCUT2D eigenvalue weighted by Gasteiger charge is -2.39. The fourth-order valence-corrected chi connectivity index (χ4v) is 5.63. The standard InChI is InChI=1S/C28H40N6O2/c35-28(30-25-6-8-26(9-7-25)33-18-20-36-21-19-33)10-13-31-12-3-4-24(22-31)23-32-14-16-34(17-15-32)27-5-1-2-11-29-27/h1-2,5-9,11,24H,3-4,10,12-23H2,(H,30,35). The summed E-state index contributed by atoms with van der Waals surface area (Å²) in [5, 5.41) is 3.08. The van der Waals surface area contributed by atoms with Crippen molar-refractivity contribution in [3.05, 3.63) is 48.7 Å². The van der Waals surface area contributed by atoms with Crippen LogP contribution < -0.4 is 15.1 Å². The number of anilines is 3. The second-order valence-electron chi connectivity index (χ2n) is 10.2. The number of nitrogens with zero attached hydrogens (tertiary/aromatic N) is 5. The number of carbonyl (C=O) groups is 1. The zero-order valence-corrected chi connectivity index (χ0v) is 21.4. The van der Waals surface area contributed by atoms with Crippen molar-refractivity contribution < 1.29 is 9.53 Å². The van der Waals surface area contributed by atoms with E-state index in [2.05, 4.69) is 54.2 Å². The van der Waals surface area contributed by atoms with Crippen LogP contribution in [0, 0.1) is 5.92 Å². The third-order valence-electron chi connectivity index (χ3n) is 7.65. The number of rotatable bonds is 8. The molecule has 1 N–H and O–H groups in total. The lowest BCUT2D eigenvalue weighted by Crippen LogP contribution is -2.50. The number of hydrogen-bond donors (Lipinski definition) is 1. The third kappa shape index (κ3) is 6.96. The summed E-state index contributed by atoms with van der Waals surface area (Å²) in [4.78, 5) is 26.9. The third-order valence-corrected chi connectivity index (χ3v) is 7.65. The summed E-state index contributed by atoms with van der Waals surface area (Å²) in [7, 11) is 0. The van der Waals surface area contributed by atoms with Crippen LogP contribution in [0.15, 0.2) is 48.7 Å². The van der Waals surface area contributed by atoms with Crippen LogP contribution in [0.2, 0.25) is 0 Å². The SMILES string of the molecule is O=C(CCN1CCCC(CN2CCN(c3ccccn3)CC2)C1)Nc1ccc(N2CCOCC2)cc1. The number of likely N-dealkylation sites (tertiary alicyclic amines) is 1. The Bertz CT molecular complexity index is 942. The quantitative estimate of drug-likeness (QED) is 0.608. The fourth-order valence-electron chi connectivity index (χ4n) is 5.63. The van der Waals surface area contributed by atoms with E-state index in [1.807, 2.05) is 24.4 Å². The monoisotopic (exact) mass is 492 g/mol. The first-order valence-corrected chi connectivity index (χ1v) is 13.6. The van der Waals surface area contributed by atoms with E-state index >= 15 is 0 Å². The predicted octanol–water partition coefficient (Wildman–Crippen LogP) is 2.78. The van der Waals surface area contributed by atoms with Gasteiger partial charge in [-0.1, -0.05) is 6.07 Å². The molecule has 1 aromatic heterocycles. The Kier molecular flexibility index (Phi) is 8.69. The predicted molar refractivity (Wildman–Crippen MR) is 145 cm³/mol. The molecule has 0 aliphatic carbocycles. The first-order valence-electron chi connectivity index (χ1n) is 13.6. The number of hydrogen-bond acceptors (Lipinski definition) is 7. The Morgan fingerprint density at radius 2 is 1.72 bits per heavy atom. The number of nitrogens with one attached hydrogen (secondary N) is 1. The first kappa shape index (κ1) is 25.0. The van der Waals surface area contributed by atoms with Crippen molar-refractivity contribution in [3.63, 3.8) is 0 Å². The molecule has 194 valence electrons.